The van der Waals surface area contributed by atoms with Gasteiger partial charge in [-0.1, -0.05) is 12.1 Å². The third-order valence-electron chi connectivity index (χ3n) is 4.55. The zero-order valence-electron chi connectivity index (χ0n) is 14.3. The van der Waals surface area contributed by atoms with E-state index in [4.69, 9.17) is 0 Å². The highest BCUT2D eigenvalue weighted by atomic mass is 32.2. The molecule has 1 aromatic carbocycles. The summed E-state index contributed by atoms with van der Waals surface area (Å²) in [6, 6.07) is 7.02. The number of hydrazone groups is 1. The van der Waals surface area contributed by atoms with Crippen LogP contribution >= 0.6 is 11.8 Å². The predicted molar refractivity (Wildman–Crippen MR) is 97.1 cm³/mol. The van der Waals surface area contributed by atoms with Gasteiger partial charge in [-0.2, -0.15) is 15.3 Å². The summed E-state index contributed by atoms with van der Waals surface area (Å²) in [6.07, 6.45) is 3.56. The van der Waals surface area contributed by atoms with E-state index < -0.39 is 6.04 Å². The maximum absolute atomic E-state index is 12.1. The first-order valence-electron chi connectivity index (χ1n) is 8.27. The maximum atomic E-state index is 12.1. The molecule has 0 bridgehead atoms. The third-order valence-corrected chi connectivity index (χ3v) is 5.33. The second-order valence-electron chi connectivity index (χ2n) is 6.08. The Kier molecular flexibility index (Phi) is 5.47. The molecule has 0 aliphatic carbocycles. The lowest BCUT2D eigenvalue weighted by Crippen LogP contribution is -2.41. The highest BCUT2D eigenvalue weighted by molar-refractivity contribution is 7.98. The number of thioether (sulfide) groups is 1. The Morgan fingerprint density at radius 3 is 2.72 bits per heavy atom. The van der Waals surface area contributed by atoms with Gasteiger partial charge < -0.3 is 4.90 Å². The zero-order chi connectivity index (χ0) is 17.8. The Morgan fingerprint density at radius 2 is 2.04 bits per heavy atom. The van der Waals surface area contributed by atoms with Crippen molar-refractivity contribution in [2.75, 3.05) is 19.3 Å². The Bertz CT molecular complexity index is 726. The number of rotatable bonds is 4. The standard InChI is InChI=1S/C17H21N5O2S/c1-11(23)22-9-7-12(8-10-22)15-16(17(24)21-19-15)20-18-13-5-3-4-6-14(13)25-2/h3-6,12,16H,7-10H2,1-2H3,(H,21,24)/t16-/m1/s1. The van der Waals surface area contributed by atoms with Crippen molar-refractivity contribution in [1.29, 1.82) is 0 Å². The molecule has 2 aliphatic rings. The number of piperidine rings is 1. The molecule has 3 rings (SSSR count). The van der Waals surface area contributed by atoms with Gasteiger partial charge in [-0.15, -0.1) is 11.8 Å². The van der Waals surface area contributed by atoms with Crippen LogP contribution in [0.15, 0.2) is 44.5 Å². The molecule has 7 nitrogen and oxygen atoms in total. The molecule has 132 valence electrons. The lowest BCUT2D eigenvalue weighted by atomic mass is 9.88. The summed E-state index contributed by atoms with van der Waals surface area (Å²) in [5.41, 5.74) is 4.01. The summed E-state index contributed by atoms with van der Waals surface area (Å²) < 4.78 is 0. The van der Waals surface area contributed by atoms with E-state index in [9.17, 15) is 9.59 Å². The molecule has 0 unspecified atom stereocenters. The molecule has 2 amide bonds. The van der Waals surface area contributed by atoms with Gasteiger partial charge in [0.2, 0.25) is 5.91 Å². The van der Waals surface area contributed by atoms with Crippen molar-refractivity contribution >= 4 is 35.0 Å². The molecule has 8 heteroatoms. The highest BCUT2D eigenvalue weighted by Crippen LogP contribution is 2.29. The summed E-state index contributed by atoms with van der Waals surface area (Å²) in [7, 11) is 0. The van der Waals surface area contributed by atoms with E-state index in [2.05, 4.69) is 20.8 Å². The Balaban J connectivity index is 1.72. The largest absolute Gasteiger partial charge is 0.343 e. The fourth-order valence-corrected chi connectivity index (χ4v) is 3.66. The minimum atomic E-state index is -0.677. The van der Waals surface area contributed by atoms with E-state index in [0.29, 0.717) is 13.1 Å². The summed E-state index contributed by atoms with van der Waals surface area (Å²) in [5.74, 6) is -0.00500. The lowest BCUT2D eigenvalue weighted by molar-refractivity contribution is -0.130. The van der Waals surface area contributed by atoms with Crippen molar-refractivity contribution in [3.63, 3.8) is 0 Å². The van der Waals surface area contributed by atoms with Gasteiger partial charge in [0.05, 0.1) is 11.4 Å². The first-order valence-corrected chi connectivity index (χ1v) is 9.49. The van der Waals surface area contributed by atoms with Crippen LogP contribution in [-0.2, 0) is 9.59 Å². The van der Waals surface area contributed by atoms with E-state index in [1.165, 1.54) is 0 Å². The number of carbonyl (C=O) groups excluding carboxylic acids is 2. The molecular weight excluding hydrogens is 338 g/mol. The average molecular weight is 359 g/mol. The van der Waals surface area contributed by atoms with Gasteiger partial charge in [-0.25, -0.2) is 5.43 Å². The molecule has 0 spiro atoms. The number of nitrogens with one attached hydrogen (secondary N) is 1. The Hall–Kier alpha value is -2.22. The minimum Gasteiger partial charge on any atom is -0.343 e. The van der Waals surface area contributed by atoms with Gasteiger partial charge in [-0.05, 0) is 31.2 Å². The van der Waals surface area contributed by atoms with Crippen molar-refractivity contribution in [3.05, 3.63) is 24.3 Å². The molecule has 1 fully saturated rings. The van der Waals surface area contributed by atoms with Crippen LogP contribution in [0.1, 0.15) is 19.8 Å². The van der Waals surface area contributed by atoms with Gasteiger partial charge >= 0.3 is 0 Å². The van der Waals surface area contributed by atoms with Gasteiger partial charge in [0, 0.05) is 30.8 Å². The fourth-order valence-electron chi connectivity index (χ4n) is 3.12. The van der Waals surface area contributed by atoms with Crippen LogP contribution in [0.3, 0.4) is 0 Å². The maximum Gasteiger partial charge on any atom is 0.272 e. The smallest absolute Gasteiger partial charge is 0.272 e. The van der Waals surface area contributed by atoms with E-state index in [1.807, 2.05) is 35.4 Å². The van der Waals surface area contributed by atoms with Crippen LogP contribution in [0.4, 0.5) is 5.69 Å². The van der Waals surface area contributed by atoms with E-state index in [1.54, 1.807) is 18.7 Å². The van der Waals surface area contributed by atoms with Crippen LogP contribution in [0.25, 0.3) is 0 Å². The van der Waals surface area contributed by atoms with Crippen LogP contribution in [-0.4, -0.2) is 47.8 Å². The second kappa shape index (κ2) is 7.77. The van der Waals surface area contributed by atoms with Crippen molar-refractivity contribution in [2.24, 2.45) is 21.2 Å². The monoisotopic (exact) mass is 359 g/mol. The quantitative estimate of drug-likeness (QED) is 0.662. The molecule has 1 aromatic rings. The fraction of sp³-hybridized carbons (Fsp3) is 0.471. The molecular formula is C17H21N5O2S. The second-order valence-corrected chi connectivity index (χ2v) is 6.93. The van der Waals surface area contributed by atoms with Crippen molar-refractivity contribution in [3.8, 4) is 0 Å². The summed E-state index contributed by atoms with van der Waals surface area (Å²) in [4.78, 5) is 26.4. The molecule has 2 aliphatic heterocycles. The SMILES string of the molecule is CSc1ccccc1N=N[C@H]1C(=O)NN=C1C1CCN(C(C)=O)CC1. The third kappa shape index (κ3) is 3.89. The van der Waals surface area contributed by atoms with Gasteiger partial charge in [-0.3, -0.25) is 9.59 Å². The van der Waals surface area contributed by atoms with Gasteiger partial charge in [0.15, 0.2) is 6.04 Å². The first-order chi connectivity index (χ1) is 12.1. The van der Waals surface area contributed by atoms with E-state index >= 15 is 0 Å². The molecule has 1 atom stereocenters. The number of benzene rings is 1. The number of carbonyl (C=O) groups is 2. The average Bonchev–Trinajstić information content (AvgIpc) is 3.00. The first kappa shape index (κ1) is 17.6. The molecule has 1 N–H and O–H groups in total. The minimum absolute atomic E-state index is 0.0888. The number of nitrogens with zero attached hydrogens (tertiary/aromatic N) is 4. The number of likely N-dealkylation sites (tertiary alicyclic amines) is 1. The number of hydrogen-bond acceptors (Lipinski definition) is 6. The van der Waals surface area contributed by atoms with Crippen molar-refractivity contribution in [2.45, 2.75) is 30.7 Å². The molecule has 2 heterocycles. The molecule has 25 heavy (non-hydrogen) atoms. The number of azo groups is 1. The summed E-state index contributed by atoms with van der Waals surface area (Å²) in [5, 5.41) is 12.8. The van der Waals surface area contributed by atoms with Gasteiger partial charge in [0.25, 0.3) is 5.91 Å². The highest BCUT2D eigenvalue weighted by Gasteiger charge is 2.37. The molecule has 0 radical (unpaired) electrons. The van der Waals surface area contributed by atoms with Crippen LogP contribution in [0.5, 0.6) is 0 Å². The number of amides is 2. The van der Waals surface area contributed by atoms with Crippen LogP contribution in [0, 0.1) is 5.92 Å². The topological polar surface area (TPSA) is 86.5 Å². The van der Waals surface area contributed by atoms with Gasteiger partial charge in [0.1, 0.15) is 0 Å². The molecule has 1 saturated heterocycles. The van der Waals surface area contributed by atoms with E-state index in [-0.39, 0.29) is 17.7 Å². The summed E-state index contributed by atoms with van der Waals surface area (Å²) >= 11 is 1.59. The molecule has 0 aromatic heterocycles. The van der Waals surface area contributed by atoms with Crippen molar-refractivity contribution in [1.82, 2.24) is 10.3 Å². The Labute approximate surface area is 151 Å². The van der Waals surface area contributed by atoms with Crippen LogP contribution < -0.4 is 5.43 Å². The number of hydrogen-bond donors (Lipinski definition) is 1. The van der Waals surface area contributed by atoms with E-state index in [0.717, 1.165) is 29.1 Å². The normalized spacial score (nSPS) is 21.5. The van der Waals surface area contributed by atoms with Crippen molar-refractivity contribution < 1.29 is 9.59 Å². The lowest BCUT2D eigenvalue weighted by Gasteiger charge is -2.31. The van der Waals surface area contributed by atoms with Crippen LogP contribution in [0.2, 0.25) is 0 Å². The molecule has 0 saturated carbocycles. The Morgan fingerprint density at radius 1 is 1.32 bits per heavy atom. The summed E-state index contributed by atoms with van der Waals surface area (Å²) in [6.45, 7) is 2.96. The predicted octanol–water partition coefficient (Wildman–Crippen LogP) is 2.61. The zero-order valence-corrected chi connectivity index (χ0v) is 15.1.